The molecule has 8 rings (SSSR count). The topological polar surface area (TPSA) is 51.8 Å². The van der Waals surface area contributed by atoms with Gasteiger partial charge in [-0.05, 0) is 95.8 Å². The normalized spacial score (nSPS) is 12.7. The van der Waals surface area contributed by atoms with Gasteiger partial charge in [0.1, 0.15) is 0 Å². The smallest absolute Gasteiger partial charge is 0.216 e. The monoisotopic (exact) mass is 888 g/mol. The molecule has 4 heterocycles. The Kier molecular flexibility index (Phi) is 10.4. The van der Waals surface area contributed by atoms with Crippen LogP contribution in [0, 0.1) is 44.7 Å². The molecule has 0 bridgehead atoms. The molecule has 4 aromatic carbocycles. The predicted molar refractivity (Wildman–Crippen MR) is 220 cm³/mol. The van der Waals surface area contributed by atoms with Crippen LogP contribution < -0.4 is 0 Å². The Morgan fingerprint density at radius 2 is 1.41 bits per heavy atom. The number of nitrogens with zero attached hydrogens (tertiary/aromatic N) is 3. The minimum absolute atomic E-state index is 0. The molecule has 0 unspecified atom stereocenters. The van der Waals surface area contributed by atoms with E-state index in [1.165, 1.54) is 11.1 Å². The van der Waals surface area contributed by atoms with E-state index in [-0.39, 0.29) is 37.5 Å². The molecule has 8 aromatic rings. The van der Waals surface area contributed by atoms with Crippen molar-refractivity contribution in [1.29, 1.82) is 0 Å². The van der Waals surface area contributed by atoms with Crippen LogP contribution in [0.25, 0.3) is 67.0 Å². The fourth-order valence-electron chi connectivity index (χ4n) is 7.30. The van der Waals surface area contributed by atoms with Gasteiger partial charge >= 0.3 is 0 Å². The molecule has 0 aliphatic heterocycles. The van der Waals surface area contributed by atoms with Gasteiger partial charge in [0.25, 0.3) is 0 Å². The summed E-state index contributed by atoms with van der Waals surface area (Å²) in [4.78, 5) is 13.9. The molecule has 273 valence electrons. The summed E-state index contributed by atoms with van der Waals surface area (Å²) in [7, 11) is 0. The standard InChI is InChI=1S/C38H37N2O.C11H8N.Ir/c1-22(2)35(23(3)4)32-21-39-34(20-24(32)5)31-15-11-14-29-30-16-17-33(40-38(30)41-37(29)31)36-25(6)18-28(19-26(36)7)27-12-9-8-10-13-27;1-2-6-10(7-3-1)11-8-4-5-9-12-11;/h8-14,16-23,35H,1-7H3;1-6,8-9H;/q2*-1;/i5D3,35D;;. The third-order valence-electron chi connectivity index (χ3n) is 9.56. The molecule has 0 saturated heterocycles. The van der Waals surface area contributed by atoms with Gasteiger partial charge in [0.15, 0.2) is 0 Å². The maximum atomic E-state index is 9.32. The molecule has 1 radical (unpaired) electrons. The van der Waals surface area contributed by atoms with Gasteiger partial charge in [-0.1, -0.05) is 105 Å². The van der Waals surface area contributed by atoms with Crippen LogP contribution in [0.1, 0.15) is 61.3 Å². The van der Waals surface area contributed by atoms with Crippen LogP contribution in [0.4, 0.5) is 0 Å². The van der Waals surface area contributed by atoms with Crippen LogP contribution in [0.3, 0.4) is 0 Å². The van der Waals surface area contributed by atoms with E-state index in [1.54, 1.807) is 24.5 Å². The molecule has 54 heavy (non-hydrogen) atoms. The van der Waals surface area contributed by atoms with E-state index in [9.17, 15) is 1.37 Å². The van der Waals surface area contributed by atoms with Crippen molar-refractivity contribution in [3.63, 3.8) is 0 Å². The Hall–Kier alpha value is -5.22. The van der Waals surface area contributed by atoms with Gasteiger partial charge in [-0.15, -0.1) is 54.1 Å². The number of hydrogen-bond acceptors (Lipinski definition) is 4. The summed E-state index contributed by atoms with van der Waals surface area (Å²) < 4.78 is 40.8. The number of hydrogen-bond donors (Lipinski definition) is 0. The van der Waals surface area contributed by atoms with Crippen molar-refractivity contribution in [2.24, 2.45) is 11.8 Å². The maximum absolute atomic E-state index is 9.32. The fraction of sp³-hybridized carbons (Fsp3) is 0.204. The molecular formula is C49H45IrN3O-2. The number of pyridine rings is 3. The predicted octanol–water partition coefficient (Wildman–Crippen LogP) is 13.0. The van der Waals surface area contributed by atoms with Crippen LogP contribution >= 0.6 is 0 Å². The zero-order chi connectivity index (χ0) is 40.5. The first-order valence-electron chi connectivity index (χ1n) is 20.1. The molecule has 0 saturated carbocycles. The molecule has 0 N–H and O–H groups in total. The second kappa shape index (κ2) is 16.8. The van der Waals surface area contributed by atoms with Crippen molar-refractivity contribution < 1.29 is 30.0 Å². The van der Waals surface area contributed by atoms with E-state index < -0.39 is 12.7 Å². The minimum atomic E-state index is -2.42. The zero-order valence-corrected chi connectivity index (χ0v) is 33.8. The van der Waals surface area contributed by atoms with Crippen molar-refractivity contribution in [3.05, 3.63) is 162 Å². The van der Waals surface area contributed by atoms with Gasteiger partial charge in [-0.3, -0.25) is 0 Å². The van der Waals surface area contributed by atoms with Crippen molar-refractivity contribution in [1.82, 2.24) is 15.0 Å². The molecule has 0 fully saturated rings. The molecule has 5 heteroatoms. The summed E-state index contributed by atoms with van der Waals surface area (Å²) in [6.07, 6.45) is 3.36. The van der Waals surface area contributed by atoms with Crippen molar-refractivity contribution in [3.8, 4) is 44.9 Å². The number of benzene rings is 4. The summed E-state index contributed by atoms with van der Waals surface area (Å²) >= 11 is 0. The van der Waals surface area contributed by atoms with Gasteiger partial charge in [-0.2, -0.15) is 0 Å². The summed E-state index contributed by atoms with van der Waals surface area (Å²) in [6.45, 7) is 9.60. The summed E-state index contributed by atoms with van der Waals surface area (Å²) in [5.41, 5.74) is 11.1. The third-order valence-corrected chi connectivity index (χ3v) is 9.56. The van der Waals surface area contributed by atoms with E-state index in [0.29, 0.717) is 28.1 Å². The Bertz CT molecular complexity index is 2590. The molecule has 4 aromatic heterocycles. The van der Waals surface area contributed by atoms with Crippen LogP contribution in [-0.2, 0) is 20.1 Å². The largest absolute Gasteiger partial charge is 0.486 e. The molecular weight excluding hydrogens is 839 g/mol. The number of rotatable bonds is 7. The Labute approximate surface area is 338 Å². The minimum Gasteiger partial charge on any atom is -0.486 e. The Morgan fingerprint density at radius 3 is 2.07 bits per heavy atom. The number of aryl methyl sites for hydroxylation is 3. The van der Waals surface area contributed by atoms with Gasteiger partial charge < -0.3 is 14.4 Å². The van der Waals surface area contributed by atoms with Gasteiger partial charge in [0.05, 0.1) is 11.3 Å². The second-order valence-corrected chi connectivity index (χ2v) is 14.0. The number of aromatic nitrogens is 3. The molecule has 4 nitrogen and oxygen atoms in total. The second-order valence-electron chi connectivity index (χ2n) is 14.0. The SMILES string of the molecule is [2H]C([2H])([2H])c1cc(-c2[c-]ccc3c2oc2nc(-c4c(C)cc(-c5ccccc5)cc4C)ccc23)ncc1C([2H])(C(C)C)C(C)C.[Ir].[c-]1ccccc1-c1ccccn1. The summed E-state index contributed by atoms with van der Waals surface area (Å²) in [5, 5.41) is 1.71. The summed E-state index contributed by atoms with van der Waals surface area (Å²) in [6, 6.07) is 44.2. The van der Waals surface area contributed by atoms with Crippen LogP contribution in [0.2, 0.25) is 0 Å². The summed E-state index contributed by atoms with van der Waals surface area (Å²) in [5.74, 6) is -1.34. The average Bonchev–Trinajstić information content (AvgIpc) is 3.59. The zero-order valence-electron chi connectivity index (χ0n) is 35.4. The Balaban J connectivity index is 0.000000372. The van der Waals surface area contributed by atoms with Crippen LogP contribution in [0.5, 0.6) is 0 Å². The van der Waals surface area contributed by atoms with Gasteiger partial charge in [0.2, 0.25) is 5.71 Å². The van der Waals surface area contributed by atoms with Crippen molar-refractivity contribution >= 4 is 22.1 Å². The van der Waals surface area contributed by atoms with Crippen LogP contribution in [-0.4, -0.2) is 15.0 Å². The first-order valence-corrected chi connectivity index (χ1v) is 18.1. The van der Waals surface area contributed by atoms with Gasteiger partial charge in [-0.25, -0.2) is 4.98 Å². The van der Waals surface area contributed by atoms with E-state index in [0.717, 1.165) is 44.4 Å². The first kappa shape index (κ1) is 33.4. The van der Waals surface area contributed by atoms with Gasteiger partial charge in [0, 0.05) is 48.9 Å². The van der Waals surface area contributed by atoms with E-state index >= 15 is 0 Å². The van der Waals surface area contributed by atoms with Crippen LogP contribution in [0.15, 0.2) is 132 Å². The maximum Gasteiger partial charge on any atom is 0.216 e. The fourth-order valence-corrected chi connectivity index (χ4v) is 7.30. The number of fused-ring (bicyclic) bond motifs is 3. The van der Waals surface area contributed by atoms with E-state index in [1.807, 2.05) is 107 Å². The molecule has 0 amide bonds. The van der Waals surface area contributed by atoms with Crippen molar-refractivity contribution in [2.45, 2.75) is 54.3 Å². The Morgan fingerprint density at radius 1 is 0.667 bits per heavy atom. The average molecular weight is 888 g/mol. The molecule has 0 atom stereocenters. The molecule has 0 spiro atoms. The van der Waals surface area contributed by atoms with E-state index in [2.05, 4.69) is 55.2 Å². The van der Waals surface area contributed by atoms with E-state index in [4.69, 9.17) is 18.5 Å². The third kappa shape index (κ3) is 7.99. The molecule has 0 aliphatic rings. The van der Waals surface area contributed by atoms with Crippen molar-refractivity contribution in [2.75, 3.05) is 0 Å². The number of furan rings is 1. The quantitative estimate of drug-likeness (QED) is 0.150. The molecule has 0 aliphatic carbocycles. The first-order chi connectivity index (χ1) is 27.3.